The second kappa shape index (κ2) is 9.13. The molecule has 8 heteroatoms. The number of hydrogen-bond acceptors (Lipinski definition) is 5. The maximum Gasteiger partial charge on any atom is 0.257 e. The van der Waals surface area contributed by atoms with Crippen LogP contribution in [0.2, 0.25) is 0 Å². The van der Waals surface area contributed by atoms with Crippen LogP contribution in [0.4, 0.5) is 5.13 Å². The van der Waals surface area contributed by atoms with Gasteiger partial charge < -0.3 is 0 Å². The average molecular weight is 428 g/mol. The number of aromatic nitrogens is 1. The Kier molecular flexibility index (Phi) is 6.58. The van der Waals surface area contributed by atoms with E-state index in [0.717, 1.165) is 11.3 Å². The predicted molar refractivity (Wildman–Crippen MR) is 116 cm³/mol. The molecule has 3 aromatic rings. The summed E-state index contributed by atoms with van der Waals surface area (Å²) >= 11 is 1.39. The van der Waals surface area contributed by atoms with Gasteiger partial charge in [-0.3, -0.25) is 10.1 Å². The molecule has 6 nitrogen and oxygen atoms in total. The van der Waals surface area contributed by atoms with Crippen molar-refractivity contribution in [1.82, 2.24) is 9.71 Å². The molecule has 0 fully saturated rings. The van der Waals surface area contributed by atoms with Crippen molar-refractivity contribution in [2.45, 2.75) is 18.2 Å². The number of amides is 1. The van der Waals surface area contributed by atoms with Crippen LogP contribution in [-0.2, 0) is 16.4 Å². The van der Waals surface area contributed by atoms with Gasteiger partial charge in [0, 0.05) is 29.6 Å². The highest BCUT2D eigenvalue weighted by Crippen LogP contribution is 2.22. The number of anilines is 1. The zero-order valence-corrected chi connectivity index (χ0v) is 17.5. The molecule has 0 bridgehead atoms. The first-order chi connectivity index (χ1) is 13.9. The fourth-order valence-electron chi connectivity index (χ4n) is 2.58. The number of sulfonamides is 1. The number of nitrogens with zero attached hydrogens (tertiary/aromatic N) is 1. The molecular weight excluding hydrogens is 406 g/mol. The summed E-state index contributed by atoms with van der Waals surface area (Å²) in [5, 5.41) is 3.20. The van der Waals surface area contributed by atoms with E-state index in [4.69, 9.17) is 0 Å². The van der Waals surface area contributed by atoms with E-state index in [1.54, 1.807) is 12.3 Å². The lowest BCUT2D eigenvalue weighted by Gasteiger charge is -2.07. The van der Waals surface area contributed by atoms with Gasteiger partial charge in [0.25, 0.3) is 5.91 Å². The van der Waals surface area contributed by atoms with E-state index in [9.17, 15) is 13.2 Å². The summed E-state index contributed by atoms with van der Waals surface area (Å²) in [6, 6.07) is 14.1. The minimum atomic E-state index is -3.70. The predicted octanol–water partition coefficient (Wildman–Crippen LogP) is 3.76. The maximum atomic E-state index is 12.5. The number of carbonyl (C=O) groups is 1. The molecule has 0 aliphatic carbocycles. The van der Waals surface area contributed by atoms with E-state index in [1.165, 1.54) is 46.7 Å². The van der Waals surface area contributed by atoms with Crippen LogP contribution >= 0.6 is 11.3 Å². The second-order valence-corrected chi connectivity index (χ2v) is 9.30. The van der Waals surface area contributed by atoms with E-state index in [0.29, 0.717) is 5.13 Å². The standard InChI is InChI=1S/C21H21N3O3S2/c1-3-11-23-29(26,27)19-6-4-5-17(13-19)20(25)24-21-22-14-18(28-21)12-16-9-7-15(2)8-10-16/h3-10,13-14,23H,1,11-12H2,2H3,(H,22,24,25). The van der Waals surface area contributed by atoms with E-state index >= 15 is 0 Å². The summed E-state index contributed by atoms with van der Waals surface area (Å²) in [6.07, 6.45) is 3.92. The SMILES string of the molecule is C=CCNS(=O)(=O)c1cccc(C(=O)Nc2ncc(Cc3ccc(C)cc3)s2)c1. The van der Waals surface area contributed by atoms with Crippen molar-refractivity contribution in [2.75, 3.05) is 11.9 Å². The normalized spacial score (nSPS) is 11.2. The smallest absolute Gasteiger partial charge is 0.257 e. The van der Waals surface area contributed by atoms with Crippen LogP contribution < -0.4 is 10.0 Å². The highest BCUT2D eigenvalue weighted by Gasteiger charge is 2.16. The Balaban J connectivity index is 1.69. The van der Waals surface area contributed by atoms with Gasteiger partial charge in [0.15, 0.2) is 5.13 Å². The van der Waals surface area contributed by atoms with Crippen LogP contribution in [0.25, 0.3) is 0 Å². The summed E-state index contributed by atoms with van der Waals surface area (Å²) < 4.78 is 26.8. The van der Waals surface area contributed by atoms with Gasteiger partial charge in [-0.05, 0) is 30.7 Å². The molecule has 1 heterocycles. The molecule has 1 aromatic heterocycles. The molecular formula is C21H21N3O3S2. The first-order valence-electron chi connectivity index (χ1n) is 8.89. The molecule has 3 rings (SSSR count). The van der Waals surface area contributed by atoms with Gasteiger partial charge in [-0.25, -0.2) is 18.1 Å². The largest absolute Gasteiger partial charge is 0.298 e. The molecule has 0 saturated carbocycles. The zero-order valence-electron chi connectivity index (χ0n) is 15.9. The minimum absolute atomic E-state index is 0.0196. The fourth-order valence-corrected chi connectivity index (χ4v) is 4.47. The number of aryl methyl sites for hydroxylation is 1. The van der Waals surface area contributed by atoms with E-state index in [1.807, 2.05) is 6.92 Å². The quantitative estimate of drug-likeness (QED) is 0.536. The first-order valence-corrected chi connectivity index (χ1v) is 11.2. The number of thiazole rings is 1. The van der Waals surface area contributed by atoms with Gasteiger partial charge in [-0.1, -0.05) is 42.0 Å². The number of hydrogen-bond donors (Lipinski definition) is 2. The summed E-state index contributed by atoms with van der Waals surface area (Å²) in [5.74, 6) is -0.415. The van der Waals surface area contributed by atoms with Crippen LogP contribution in [0.5, 0.6) is 0 Å². The molecule has 1 amide bonds. The third-order valence-electron chi connectivity index (χ3n) is 4.10. The van der Waals surface area contributed by atoms with E-state index in [2.05, 4.69) is 45.9 Å². The van der Waals surface area contributed by atoms with Crippen molar-refractivity contribution < 1.29 is 13.2 Å². The van der Waals surface area contributed by atoms with Gasteiger partial charge in [-0.15, -0.1) is 17.9 Å². The van der Waals surface area contributed by atoms with Crippen molar-refractivity contribution in [3.05, 3.63) is 89.0 Å². The number of rotatable bonds is 8. The summed E-state index contributed by atoms with van der Waals surface area (Å²) in [4.78, 5) is 17.8. The highest BCUT2D eigenvalue weighted by atomic mass is 32.2. The van der Waals surface area contributed by atoms with Crippen molar-refractivity contribution in [3.8, 4) is 0 Å². The Morgan fingerprint density at radius 1 is 1.21 bits per heavy atom. The minimum Gasteiger partial charge on any atom is -0.298 e. The van der Waals surface area contributed by atoms with Crippen LogP contribution in [0.15, 0.2) is 72.3 Å². The Hall–Kier alpha value is -2.81. The number of nitrogens with one attached hydrogen (secondary N) is 2. The maximum absolute atomic E-state index is 12.5. The lowest BCUT2D eigenvalue weighted by Crippen LogP contribution is -2.24. The van der Waals surface area contributed by atoms with Gasteiger partial charge in [0.2, 0.25) is 10.0 Å². The molecule has 2 N–H and O–H groups in total. The van der Waals surface area contributed by atoms with Gasteiger partial charge in [-0.2, -0.15) is 0 Å². The number of benzene rings is 2. The molecule has 29 heavy (non-hydrogen) atoms. The molecule has 0 spiro atoms. The summed E-state index contributed by atoms with van der Waals surface area (Å²) in [5.41, 5.74) is 2.61. The molecule has 2 aromatic carbocycles. The Morgan fingerprint density at radius 3 is 2.69 bits per heavy atom. The first kappa shape index (κ1) is 20.9. The van der Waals surface area contributed by atoms with Gasteiger partial charge >= 0.3 is 0 Å². The van der Waals surface area contributed by atoms with Crippen LogP contribution in [0.3, 0.4) is 0 Å². The lowest BCUT2D eigenvalue weighted by molar-refractivity contribution is 0.102. The van der Waals surface area contributed by atoms with E-state index < -0.39 is 15.9 Å². The monoisotopic (exact) mass is 427 g/mol. The van der Waals surface area contributed by atoms with Gasteiger partial charge in [0.1, 0.15) is 0 Å². The Bertz CT molecular complexity index is 1120. The van der Waals surface area contributed by atoms with Gasteiger partial charge in [0.05, 0.1) is 4.90 Å². The van der Waals surface area contributed by atoms with E-state index in [-0.39, 0.29) is 17.0 Å². The van der Waals surface area contributed by atoms with Crippen molar-refractivity contribution >= 4 is 32.4 Å². The Labute approximate surface area is 174 Å². The van der Waals surface area contributed by atoms with Crippen LogP contribution in [0.1, 0.15) is 26.4 Å². The third kappa shape index (κ3) is 5.60. The van der Waals surface area contributed by atoms with Crippen LogP contribution in [-0.4, -0.2) is 25.9 Å². The van der Waals surface area contributed by atoms with Crippen LogP contribution in [0, 0.1) is 6.92 Å². The molecule has 0 unspecified atom stereocenters. The van der Waals surface area contributed by atoms with Crippen molar-refractivity contribution in [2.24, 2.45) is 0 Å². The number of carbonyl (C=O) groups excluding carboxylic acids is 1. The highest BCUT2D eigenvalue weighted by molar-refractivity contribution is 7.89. The summed E-state index contributed by atoms with van der Waals surface area (Å²) in [6.45, 7) is 5.64. The topological polar surface area (TPSA) is 88.2 Å². The average Bonchev–Trinajstić information content (AvgIpc) is 3.15. The molecule has 0 radical (unpaired) electrons. The molecule has 0 atom stereocenters. The zero-order chi connectivity index (χ0) is 20.9. The second-order valence-electron chi connectivity index (χ2n) is 6.42. The van der Waals surface area contributed by atoms with Crippen molar-refractivity contribution in [1.29, 1.82) is 0 Å². The fraction of sp³-hybridized carbons (Fsp3) is 0.143. The molecule has 150 valence electrons. The summed E-state index contributed by atoms with van der Waals surface area (Å²) in [7, 11) is -3.70. The Morgan fingerprint density at radius 2 is 1.97 bits per heavy atom. The molecule has 0 aliphatic heterocycles. The molecule has 0 saturated heterocycles. The molecule has 0 aliphatic rings. The van der Waals surface area contributed by atoms with Crippen molar-refractivity contribution in [3.63, 3.8) is 0 Å². The lowest BCUT2D eigenvalue weighted by atomic mass is 10.1. The third-order valence-corrected chi connectivity index (χ3v) is 6.43.